The van der Waals surface area contributed by atoms with Crippen LogP contribution in [0.25, 0.3) is 0 Å². The molecular weight excluding hydrogens is 580 g/mol. The van der Waals surface area contributed by atoms with E-state index >= 15 is 0 Å². The van der Waals surface area contributed by atoms with Crippen LogP contribution in [0, 0.1) is 29.1 Å². The molecule has 2 saturated carbocycles. The van der Waals surface area contributed by atoms with Gasteiger partial charge in [0, 0.05) is 37.2 Å². The monoisotopic (exact) mass is 630 g/mol. The van der Waals surface area contributed by atoms with Crippen LogP contribution in [0.4, 0.5) is 5.69 Å². The highest BCUT2D eigenvalue weighted by Gasteiger charge is 2.38. The summed E-state index contributed by atoms with van der Waals surface area (Å²) in [6.07, 6.45) is 10.4. The van der Waals surface area contributed by atoms with Crippen molar-refractivity contribution in [2.75, 3.05) is 37.9 Å². The van der Waals surface area contributed by atoms with Gasteiger partial charge in [0.1, 0.15) is 4.88 Å². The third-order valence-electron chi connectivity index (χ3n) is 9.52. The van der Waals surface area contributed by atoms with Crippen LogP contribution >= 0.6 is 11.3 Å². The Labute approximate surface area is 266 Å². The maximum atomic E-state index is 14.3. The van der Waals surface area contributed by atoms with Gasteiger partial charge in [-0.1, -0.05) is 18.8 Å². The van der Waals surface area contributed by atoms with Crippen LogP contribution in [-0.4, -0.2) is 69.3 Å². The van der Waals surface area contributed by atoms with Gasteiger partial charge < -0.3 is 28.7 Å². The number of nitrogens with zero attached hydrogens (tertiary/aromatic N) is 1. The van der Waals surface area contributed by atoms with E-state index in [4.69, 9.17) is 29.7 Å². The summed E-state index contributed by atoms with van der Waals surface area (Å²) < 4.78 is 23.4. The molecule has 4 fully saturated rings. The Morgan fingerprint density at radius 1 is 0.955 bits per heavy atom. The smallest absolute Gasteiger partial charge is 0.368 e. The van der Waals surface area contributed by atoms with Crippen molar-refractivity contribution >= 4 is 28.9 Å². The molecule has 1 unspecified atom stereocenters. The minimum Gasteiger partial charge on any atom is -0.381 e. The van der Waals surface area contributed by atoms with Crippen LogP contribution in [0.1, 0.15) is 106 Å². The summed E-state index contributed by atoms with van der Waals surface area (Å²) >= 11 is 1.24. The number of anilines is 1. The molecule has 9 nitrogen and oxygen atoms in total. The first kappa shape index (κ1) is 33.4. The van der Waals surface area contributed by atoms with Gasteiger partial charge in [0.25, 0.3) is 0 Å². The first-order chi connectivity index (χ1) is 21.2. The van der Waals surface area contributed by atoms with Crippen molar-refractivity contribution in [3.05, 3.63) is 15.8 Å². The lowest BCUT2D eigenvalue weighted by Gasteiger charge is -2.39. The van der Waals surface area contributed by atoms with Crippen LogP contribution in [0.15, 0.2) is 6.07 Å². The fourth-order valence-corrected chi connectivity index (χ4v) is 7.67. The summed E-state index contributed by atoms with van der Waals surface area (Å²) in [4.78, 5) is 35.0. The standard InChI is InChI=1S/C34H50N2O7S/c1-23-4-6-24(7-5-23)32(37)36(25-8-10-27(11-9-25)42-28-15-19-40-21-28)30-20-29(44-31(30)33(38)43-35)12-16-34(2,3)22-41-26-13-17-39-18-14-26/h20,23-28H,4-11,13-15,17-19,21-22,35H2,1-3H3. The zero-order chi connectivity index (χ0) is 31.1. The average Bonchev–Trinajstić information content (AvgIpc) is 3.71. The molecule has 0 spiro atoms. The van der Waals surface area contributed by atoms with E-state index in [1.165, 1.54) is 11.3 Å². The summed E-state index contributed by atoms with van der Waals surface area (Å²) in [6, 6.07) is 1.85. The molecule has 2 saturated heterocycles. The van der Waals surface area contributed by atoms with Crippen LogP contribution in [0.2, 0.25) is 0 Å². The van der Waals surface area contributed by atoms with E-state index in [0.717, 1.165) is 90.4 Å². The molecule has 1 aromatic rings. The molecule has 1 amide bonds. The maximum Gasteiger partial charge on any atom is 0.368 e. The second-order valence-corrected chi connectivity index (χ2v) is 14.8. The number of hydrogen-bond acceptors (Lipinski definition) is 9. The Hall–Kier alpha value is -2.00. The summed E-state index contributed by atoms with van der Waals surface area (Å²) in [5, 5.41) is 0. The molecule has 4 aliphatic rings. The molecule has 2 aliphatic carbocycles. The van der Waals surface area contributed by atoms with Gasteiger partial charge >= 0.3 is 5.97 Å². The largest absolute Gasteiger partial charge is 0.381 e. The Bertz CT molecular complexity index is 1160. The van der Waals surface area contributed by atoms with E-state index in [1.807, 2.05) is 11.0 Å². The maximum absolute atomic E-state index is 14.3. The van der Waals surface area contributed by atoms with Gasteiger partial charge in [0.15, 0.2) is 0 Å². The molecule has 3 heterocycles. The molecule has 44 heavy (non-hydrogen) atoms. The summed E-state index contributed by atoms with van der Waals surface area (Å²) in [7, 11) is 0. The number of carbonyl (C=O) groups excluding carboxylic acids is 2. The summed E-state index contributed by atoms with van der Waals surface area (Å²) in [6.45, 7) is 9.75. The molecule has 2 aliphatic heterocycles. The topological polar surface area (TPSA) is 110 Å². The van der Waals surface area contributed by atoms with Crippen molar-refractivity contribution < 1.29 is 33.4 Å². The molecule has 5 rings (SSSR count). The quantitative estimate of drug-likeness (QED) is 0.276. The highest BCUT2D eigenvalue weighted by molar-refractivity contribution is 7.15. The SMILES string of the molecule is CC1CCC(C(=O)N(c2cc(C#CC(C)(C)COC3CCOCC3)sc2C(=O)ON)C2CCC(OC3CCOC3)CC2)CC1. The van der Waals surface area contributed by atoms with Crippen LogP contribution in [-0.2, 0) is 28.6 Å². The summed E-state index contributed by atoms with van der Waals surface area (Å²) in [5.41, 5.74) is 0.178. The minimum absolute atomic E-state index is 0.0365. The normalized spacial score (nSPS) is 28.2. The predicted octanol–water partition coefficient (Wildman–Crippen LogP) is 5.63. The fraction of sp³-hybridized carbons (Fsp3) is 0.765. The van der Waals surface area contributed by atoms with Gasteiger partial charge in [-0.2, -0.15) is 5.90 Å². The van der Waals surface area contributed by atoms with Crippen LogP contribution in [0.3, 0.4) is 0 Å². The van der Waals surface area contributed by atoms with Gasteiger partial charge in [0.05, 0.1) is 42.1 Å². The zero-order valence-electron chi connectivity index (χ0n) is 26.6. The zero-order valence-corrected chi connectivity index (χ0v) is 27.5. The third-order valence-corrected chi connectivity index (χ3v) is 10.5. The van der Waals surface area contributed by atoms with Gasteiger partial charge in [-0.15, -0.1) is 11.3 Å². The highest BCUT2D eigenvalue weighted by atomic mass is 32.1. The number of hydrogen-bond donors (Lipinski definition) is 1. The van der Waals surface area contributed by atoms with Crippen LogP contribution < -0.4 is 10.8 Å². The lowest BCUT2D eigenvalue weighted by molar-refractivity contribution is -0.124. The first-order valence-corrected chi connectivity index (χ1v) is 17.4. The van der Waals surface area contributed by atoms with Crippen molar-refractivity contribution in [3.63, 3.8) is 0 Å². The number of nitrogens with two attached hydrogens (primary N) is 1. The molecule has 10 heteroatoms. The molecule has 0 radical (unpaired) electrons. The van der Waals surface area contributed by atoms with E-state index in [9.17, 15) is 9.59 Å². The van der Waals surface area contributed by atoms with Crippen molar-refractivity contribution in [1.29, 1.82) is 0 Å². The van der Waals surface area contributed by atoms with Gasteiger partial charge in [0.2, 0.25) is 5.91 Å². The number of ether oxygens (including phenoxy) is 4. The van der Waals surface area contributed by atoms with Gasteiger partial charge in [-0.05, 0) is 96.5 Å². The second kappa shape index (κ2) is 15.5. The lowest BCUT2D eigenvalue weighted by Crippen LogP contribution is -2.47. The number of thiophene rings is 1. The number of carbonyl (C=O) groups is 2. The second-order valence-electron chi connectivity index (χ2n) is 13.7. The van der Waals surface area contributed by atoms with Crippen molar-refractivity contribution in [2.24, 2.45) is 23.1 Å². The van der Waals surface area contributed by atoms with E-state index in [2.05, 4.69) is 32.6 Å². The highest BCUT2D eigenvalue weighted by Crippen LogP contribution is 2.39. The van der Waals surface area contributed by atoms with E-state index < -0.39 is 11.4 Å². The van der Waals surface area contributed by atoms with Crippen molar-refractivity contribution in [1.82, 2.24) is 0 Å². The Morgan fingerprint density at radius 3 is 2.30 bits per heavy atom. The molecule has 1 atom stereocenters. The molecular formula is C34H50N2O7S. The van der Waals surface area contributed by atoms with Crippen LogP contribution in [0.5, 0.6) is 0 Å². The lowest BCUT2D eigenvalue weighted by atomic mass is 9.81. The molecule has 244 valence electrons. The number of rotatable bonds is 9. The Balaban J connectivity index is 1.37. The van der Waals surface area contributed by atoms with Crippen molar-refractivity contribution in [2.45, 2.75) is 116 Å². The molecule has 2 N–H and O–H groups in total. The predicted molar refractivity (Wildman–Crippen MR) is 169 cm³/mol. The van der Waals surface area contributed by atoms with E-state index in [-0.39, 0.29) is 36.2 Å². The summed E-state index contributed by atoms with van der Waals surface area (Å²) in [5.74, 6) is 12.1. The van der Waals surface area contributed by atoms with E-state index in [0.29, 0.717) is 34.6 Å². The Morgan fingerprint density at radius 2 is 1.64 bits per heavy atom. The first-order valence-electron chi connectivity index (χ1n) is 16.6. The van der Waals surface area contributed by atoms with Gasteiger partial charge in [-0.3, -0.25) is 4.79 Å². The molecule has 0 bridgehead atoms. The third kappa shape index (κ3) is 8.83. The number of amides is 1. The van der Waals surface area contributed by atoms with Crippen molar-refractivity contribution in [3.8, 4) is 11.8 Å². The molecule has 1 aromatic heterocycles. The van der Waals surface area contributed by atoms with Gasteiger partial charge in [-0.25, -0.2) is 4.79 Å². The average molecular weight is 631 g/mol. The molecule has 0 aromatic carbocycles. The Kier molecular flexibility index (Phi) is 11.8. The fourth-order valence-electron chi connectivity index (χ4n) is 6.79. The van der Waals surface area contributed by atoms with E-state index in [1.54, 1.807) is 0 Å². The minimum atomic E-state index is -0.645.